The summed E-state index contributed by atoms with van der Waals surface area (Å²) in [6.45, 7) is 3.15. The van der Waals surface area contributed by atoms with E-state index in [1.165, 1.54) is 12.8 Å². The van der Waals surface area contributed by atoms with Crippen molar-refractivity contribution in [3.05, 3.63) is 36.7 Å². The van der Waals surface area contributed by atoms with Crippen molar-refractivity contribution in [1.82, 2.24) is 20.1 Å². The minimum atomic E-state index is 0.309. The molecule has 1 saturated carbocycles. The van der Waals surface area contributed by atoms with Crippen LogP contribution in [0.3, 0.4) is 0 Å². The molecule has 2 aromatic rings. The predicted molar refractivity (Wildman–Crippen MR) is 95.7 cm³/mol. The zero-order valence-electron chi connectivity index (χ0n) is 14.1. The number of nitrogens with zero attached hydrogens (tertiary/aromatic N) is 5. The fourth-order valence-corrected chi connectivity index (χ4v) is 3.03. The minimum Gasteiger partial charge on any atom is -0.352 e. The van der Waals surface area contributed by atoms with Crippen LogP contribution in [0.5, 0.6) is 0 Å². The van der Waals surface area contributed by atoms with Gasteiger partial charge in [-0.3, -0.25) is 9.78 Å². The van der Waals surface area contributed by atoms with Gasteiger partial charge in [-0.15, -0.1) is 10.2 Å². The summed E-state index contributed by atoms with van der Waals surface area (Å²) in [6.07, 6.45) is 6.65. The third-order valence-electron chi connectivity index (χ3n) is 4.70. The Kier molecular flexibility index (Phi) is 4.45. The van der Waals surface area contributed by atoms with Crippen LogP contribution in [0.2, 0.25) is 0 Å². The van der Waals surface area contributed by atoms with Gasteiger partial charge in [-0.2, -0.15) is 0 Å². The second kappa shape index (κ2) is 7.04. The lowest BCUT2D eigenvalue weighted by Crippen LogP contribution is -2.49. The van der Waals surface area contributed by atoms with Gasteiger partial charge in [0.2, 0.25) is 5.91 Å². The number of hydrogen-bond donors (Lipinski definition) is 1. The van der Waals surface area contributed by atoms with Crippen molar-refractivity contribution in [2.75, 3.05) is 36.4 Å². The summed E-state index contributed by atoms with van der Waals surface area (Å²) in [4.78, 5) is 20.4. The van der Waals surface area contributed by atoms with Crippen molar-refractivity contribution in [2.45, 2.75) is 19.3 Å². The second-order valence-corrected chi connectivity index (χ2v) is 6.66. The monoisotopic (exact) mass is 338 g/mol. The standard InChI is InChI=1S/C18H22N6O/c25-18(12-14-3-4-14)24-10-8-23(9-11-24)17-6-5-16(21-22-17)20-15-2-1-7-19-13-15/h1-2,5-7,13-14H,3-4,8-12H2,(H,20,21). The number of amides is 1. The van der Waals surface area contributed by atoms with Crippen LogP contribution in [-0.2, 0) is 4.79 Å². The van der Waals surface area contributed by atoms with E-state index in [-0.39, 0.29) is 0 Å². The van der Waals surface area contributed by atoms with Gasteiger partial charge in [0.05, 0.1) is 11.9 Å². The van der Waals surface area contributed by atoms with Crippen molar-refractivity contribution >= 4 is 23.2 Å². The Labute approximate surface area is 147 Å². The molecule has 4 rings (SSSR count). The van der Waals surface area contributed by atoms with E-state index in [0.717, 1.165) is 44.1 Å². The van der Waals surface area contributed by atoms with Crippen molar-refractivity contribution in [3.8, 4) is 0 Å². The third kappa shape index (κ3) is 4.04. The molecule has 1 aliphatic heterocycles. The number of aromatic nitrogens is 3. The normalized spacial score (nSPS) is 17.4. The van der Waals surface area contributed by atoms with Crippen molar-refractivity contribution < 1.29 is 4.79 Å². The molecule has 25 heavy (non-hydrogen) atoms. The first-order valence-electron chi connectivity index (χ1n) is 8.81. The Bertz CT molecular complexity index is 708. The summed E-state index contributed by atoms with van der Waals surface area (Å²) in [7, 11) is 0. The highest BCUT2D eigenvalue weighted by Crippen LogP contribution is 2.33. The largest absolute Gasteiger partial charge is 0.352 e. The zero-order valence-corrected chi connectivity index (χ0v) is 14.1. The molecule has 130 valence electrons. The van der Waals surface area contributed by atoms with Crippen LogP contribution in [0.4, 0.5) is 17.3 Å². The van der Waals surface area contributed by atoms with Gasteiger partial charge in [0, 0.05) is 38.8 Å². The van der Waals surface area contributed by atoms with Crippen LogP contribution in [0.25, 0.3) is 0 Å². The van der Waals surface area contributed by atoms with Crippen molar-refractivity contribution in [1.29, 1.82) is 0 Å². The van der Waals surface area contributed by atoms with Crippen LogP contribution >= 0.6 is 0 Å². The van der Waals surface area contributed by atoms with Gasteiger partial charge in [0.25, 0.3) is 0 Å². The molecule has 1 saturated heterocycles. The lowest BCUT2D eigenvalue weighted by molar-refractivity contribution is -0.131. The lowest BCUT2D eigenvalue weighted by atomic mass is 10.2. The first kappa shape index (κ1) is 15.8. The molecule has 2 aromatic heterocycles. The molecule has 0 atom stereocenters. The molecule has 1 amide bonds. The van der Waals surface area contributed by atoms with E-state index in [0.29, 0.717) is 17.6 Å². The molecule has 7 heteroatoms. The maximum Gasteiger partial charge on any atom is 0.222 e. The molecular weight excluding hydrogens is 316 g/mol. The number of anilines is 3. The molecule has 1 N–H and O–H groups in total. The number of carbonyl (C=O) groups excluding carboxylic acids is 1. The van der Waals surface area contributed by atoms with Crippen LogP contribution in [0, 0.1) is 5.92 Å². The number of carbonyl (C=O) groups is 1. The van der Waals surface area contributed by atoms with E-state index in [2.05, 4.69) is 25.4 Å². The quantitative estimate of drug-likeness (QED) is 0.899. The minimum absolute atomic E-state index is 0.309. The highest BCUT2D eigenvalue weighted by atomic mass is 16.2. The van der Waals surface area contributed by atoms with Crippen LogP contribution in [0.1, 0.15) is 19.3 Å². The van der Waals surface area contributed by atoms with Crippen LogP contribution < -0.4 is 10.2 Å². The van der Waals surface area contributed by atoms with Gasteiger partial charge in [-0.25, -0.2) is 0 Å². The van der Waals surface area contributed by atoms with Gasteiger partial charge in [0.1, 0.15) is 0 Å². The lowest BCUT2D eigenvalue weighted by Gasteiger charge is -2.35. The maximum absolute atomic E-state index is 12.2. The number of rotatable bonds is 5. The van der Waals surface area contributed by atoms with E-state index in [4.69, 9.17) is 0 Å². The summed E-state index contributed by atoms with van der Waals surface area (Å²) in [5.74, 6) is 2.50. The third-order valence-corrected chi connectivity index (χ3v) is 4.70. The first-order chi connectivity index (χ1) is 12.3. The highest BCUT2D eigenvalue weighted by Gasteiger charge is 2.28. The molecule has 0 aromatic carbocycles. The fourth-order valence-electron chi connectivity index (χ4n) is 3.03. The van der Waals surface area contributed by atoms with Crippen molar-refractivity contribution in [3.63, 3.8) is 0 Å². The summed E-state index contributed by atoms with van der Waals surface area (Å²) in [5.41, 5.74) is 0.882. The summed E-state index contributed by atoms with van der Waals surface area (Å²) in [5, 5.41) is 11.7. The van der Waals surface area contributed by atoms with Gasteiger partial charge in [-0.1, -0.05) is 0 Å². The van der Waals surface area contributed by atoms with Gasteiger partial charge in [0.15, 0.2) is 11.6 Å². The van der Waals surface area contributed by atoms with Gasteiger partial charge in [-0.05, 0) is 43.0 Å². The predicted octanol–water partition coefficient (Wildman–Crippen LogP) is 2.06. The Morgan fingerprint density at radius 2 is 1.96 bits per heavy atom. The van der Waals surface area contributed by atoms with Crippen LogP contribution in [-0.4, -0.2) is 52.2 Å². The van der Waals surface area contributed by atoms with Crippen LogP contribution in [0.15, 0.2) is 36.7 Å². The molecule has 0 unspecified atom stereocenters. The number of nitrogens with one attached hydrogen (secondary N) is 1. The molecule has 2 aliphatic rings. The van der Waals surface area contributed by atoms with Gasteiger partial charge >= 0.3 is 0 Å². The Hall–Kier alpha value is -2.70. The average Bonchev–Trinajstić information content (AvgIpc) is 3.47. The van der Waals surface area contributed by atoms with Gasteiger partial charge < -0.3 is 15.1 Å². The fraction of sp³-hybridized carbons (Fsp3) is 0.444. The summed E-state index contributed by atoms with van der Waals surface area (Å²) < 4.78 is 0. The first-order valence-corrected chi connectivity index (χ1v) is 8.81. The van der Waals surface area contributed by atoms with E-state index >= 15 is 0 Å². The average molecular weight is 338 g/mol. The molecule has 0 bridgehead atoms. The molecule has 7 nitrogen and oxygen atoms in total. The topological polar surface area (TPSA) is 74.2 Å². The summed E-state index contributed by atoms with van der Waals surface area (Å²) in [6, 6.07) is 7.68. The molecule has 1 aliphatic carbocycles. The second-order valence-electron chi connectivity index (χ2n) is 6.66. The molecular formula is C18H22N6O. The van der Waals surface area contributed by atoms with Crippen molar-refractivity contribution in [2.24, 2.45) is 5.92 Å². The molecule has 0 spiro atoms. The maximum atomic E-state index is 12.2. The highest BCUT2D eigenvalue weighted by molar-refractivity contribution is 5.77. The Balaban J connectivity index is 1.31. The summed E-state index contributed by atoms with van der Waals surface area (Å²) >= 11 is 0. The Morgan fingerprint density at radius 1 is 1.12 bits per heavy atom. The number of pyridine rings is 1. The number of piperazine rings is 1. The molecule has 0 radical (unpaired) electrons. The Morgan fingerprint density at radius 3 is 2.60 bits per heavy atom. The smallest absolute Gasteiger partial charge is 0.222 e. The zero-order chi connectivity index (χ0) is 17.1. The SMILES string of the molecule is O=C(CC1CC1)N1CCN(c2ccc(Nc3cccnc3)nn2)CC1. The number of hydrogen-bond acceptors (Lipinski definition) is 6. The van der Waals surface area contributed by atoms with E-state index in [1.807, 2.05) is 29.2 Å². The molecule has 3 heterocycles. The van der Waals surface area contributed by atoms with E-state index in [1.54, 1.807) is 12.4 Å². The molecule has 2 fully saturated rings. The van der Waals surface area contributed by atoms with E-state index < -0.39 is 0 Å². The van der Waals surface area contributed by atoms with E-state index in [9.17, 15) is 4.79 Å².